The van der Waals surface area contributed by atoms with Crippen LogP contribution in [0.4, 0.5) is 0 Å². The van der Waals surface area contributed by atoms with Gasteiger partial charge in [0.25, 0.3) is 0 Å². The third-order valence-electron chi connectivity index (χ3n) is 2.97. The Hall–Kier alpha value is -1.19. The molecule has 0 bridgehead atoms. The second-order valence-corrected chi connectivity index (χ2v) is 5.03. The lowest BCUT2D eigenvalue weighted by atomic mass is 10.2. The summed E-state index contributed by atoms with van der Waals surface area (Å²) < 4.78 is 11.1. The number of allylic oxidation sites excluding steroid dienone is 1. The van der Waals surface area contributed by atoms with E-state index < -0.39 is 0 Å². The molecule has 0 saturated heterocycles. The van der Waals surface area contributed by atoms with Crippen molar-refractivity contribution in [3.8, 4) is 11.5 Å². The highest BCUT2D eigenvalue weighted by Crippen LogP contribution is 2.36. The highest BCUT2D eigenvalue weighted by molar-refractivity contribution is 6.32. The summed E-state index contributed by atoms with van der Waals surface area (Å²) in [5, 5.41) is 3.69. The normalized spacial score (nSPS) is 10.3. The maximum Gasteiger partial charge on any atom is 0.179 e. The first-order valence-electron chi connectivity index (χ1n) is 6.97. The van der Waals surface area contributed by atoms with Crippen molar-refractivity contribution >= 4 is 11.6 Å². The lowest BCUT2D eigenvalue weighted by molar-refractivity contribution is 0.285. The van der Waals surface area contributed by atoms with Crippen LogP contribution in [0.15, 0.2) is 24.8 Å². The Bertz CT molecular complexity index is 421. The topological polar surface area (TPSA) is 30.5 Å². The molecule has 20 heavy (non-hydrogen) atoms. The van der Waals surface area contributed by atoms with Gasteiger partial charge in [-0.25, -0.2) is 0 Å². The van der Waals surface area contributed by atoms with Gasteiger partial charge in [0.05, 0.1) is 18.7 Å². The fraction of sp³-hybridized carbons (Fsp3) is 0.500. The summed E-state index contributed by atoms with van der Waals surface area (Å²) in [7, 11) is 3.53. The van der Waals surface area contributed by atoms with Crippen molar-refractivity contribution in [1.82, 2.24) is 5.32 Å². The molecule has 0 aliphatic heterocycles. The smallest absolute Gasteiger partial charge is 0.179 e. The van der Waals surface area contributed by atoms with Gasteiger partial charge >= 0.3 is 0 Å². The molecular formula is C16H24ClNO2. The molecule has 0 fully saturated rings. The van der Waals surface area contributed by atoms with E-state index >= 15 is 0 Å². The maximum atomic E-state index is 6.27. The number of ether oxygens (including phenoxy) is 2. The molecule has 0 heterocycles. The summed E-state index contributed by atoms with van der Waals surface area (Å²) in [5.74, 6) is 1.33. The maximum absolute atomic E-state index is 6.27. The molecule has 0 spiro atoms. The molecule has 1 aromatic carbocycles. The zero-order valence-electron chi connectivity index (χ0n) is 12.4. The third kappa shape index (κ3) is 5.43. The van der Waals surface area contributed by atoms with Gasteiger partial charge in [0.15, 0.2) is 11.5 Å². The Kier molecular flexibility index (Phi) is 8.16. The molecule has 0 aliphatic rings. The quantitative estimate of drug-likeness (QED) is 0.519. The van der Waals surface area contributed by atoms with Gasteiger partial charge in [-0.1, -0.05) is 17.7 Å². The first kappa shape index (κ1) is 16.9. The monoisotopic (exact) mass is 297 g/mol. The zero-order valence-corrected chi connectivity index (χ0v) is 13.1. The van der Waals surface area contributed by atoms with Gasteiger partial charge in [-0.2, -0.15) is 0 Å². The summed E-state index contributed by atoms with van der Waals surface area (Å²) in [6, 6.07) is 3.86. The molecule has 1 aromatic rings. The van der Waals surface area contributed by atoms with Gasteiger partial charge in [0.2, 0.25) is 0 Å². The number of halogens is 1. The van der Waals surface area contributed by atoms with E-state index in [4.69, 9.17) is 21.1 Å². The van der Waals surface area contributed by atoms with Crippen LogP contribution >= 0.6 is 11.6 Å². The van der Waals surface area contributed by atoms with Crippen LogP contribution in [0, 0.1) is 0 Å². The minimum Gasteiger partial charge on any atom is -0.493 e. The van der Waals surface area contributed by atoms with Crippen LogP contribution < -0.4 is 14.8 Å². The van der Waals surface area contributed by atoms with Crippen LogP contribution in [0.25, 0.3) is 0 Å². The first-order chi connectivity index (χ1) is 9.72. The minimum atomic E-state index is 0.598. The van der Waals surface area contributed by atoms with E-state index in [1.54, 1.807) is 7.11 Å². The van der Waals surface area contributed by atoms with Crippen molar-refractivity contribution in [3.63, 3.8) is 0 Å². The highest BCUT2D eigenvalue weighted by atomic mass is 35.5. The van der Waals surface area contributed by atoms with E-state index in [9.17, 15) is 0 Å². The second kappa shape index (κ2) is 9.67. The van der Waals surface area contributed by atoms with Crippen molar-refractivity contribution in [2.24, 2.45) is 0 Å². The molecule has 0 aliphatic carbocycles. The standard InChI is InChI=1S/C16H24ClNO2/c1-4-5-6-7-8-9-20-16-14(17)10-13(12-18-2)11-15(16)19-3/h4,10-11,18H,1,5-9,12H2,2-3H3. The van der Waals surface area contributed by atoms with Crippen molar-refractivity contribution < 1.29 is 9.47 Å². The Morgan fingerprint density at radius 1 is 1.30 bits per heavy atom. The van der Waals surface area contributed by atoms with E-state index in [0.717, 1.165) is 37.8 Å². The number of rotatable bonds is 10. The zero-order chi connectivity index (χ0) is 14.8. The number of methoxy groups -OCH3 is 1. The van der Waals surface area contributed by atoms with Gasteiger partial charge in [-0.15, -0.1) is 6.58 Å². The Balaban J connectivity index is 2.57. The summed E-state index contributed by atoms with van der Waals surface area (Å²) in [6.45, 7) is 5.11. The molecule has 4 heteroatoms. The summed E-state index contributed by atoms with van der Waals surface area (Å²) in [5.41, 5.74) is 1.08. The SMILES string of the molecule is C=CCCCCCOc1c(Cl)cc(CNC)cc1OC. The molecule has 1 rings (SSSR count). The summed E-state index contributed by atoms with van der Waals surface area (Å²) >= 11 is 6.27. The lowest BCUT2D eigenvalue weighted by Gasteiger charge is -2.14. The summed E-state index contributed by atoms with van der Waals surface area (Å²) in [6.07, 6.45) is 6.29. The molecule has 0 unspecified atom stereocenters. The molecular weight excluding hydrogens is 274 g/mol. The Labute approximate surface area is 126 Å². The molecule has 1 N–H and O–H groups in total. The average Bonchev–Trinajstić information content (AvgIpc) is 2.44. The number of nitrogens with one attached hydrogen (secondary N) is 1. The van der Waals surface area contributed by atoms with Crippen LogP contribution in [-0.4, -0.2) is 20.8 Å². The van der Waals surface area contributed by atoms with E-state index in [1.807, 2.05) is 25.3 Å². The lowest BCUT2D eigenvalue weighted by Crippen LogP contribution is -2.06. The molecule has 0 amide bonds. The van der Waals surface area contributed by atoms with Crippen molar-refractivity contribution in [2.45, 2.75) is 32.2 Å². The van der Waals surface area contributed by atoms with Gasteiger partial charge in [0.1, 0.15) is 0 Å². The van der Waals surface area contributed by atoms with Gasteiger partial charge in [0, 0.05) is 6.54 Å². The van der Waals surface area contributed by atoms with Crippen LogP contribution in [0.3, 0.4) is 0 Å². The fourth-order valence-electron chi connectivity index (χ4n) is 1.96. The molecule has 3 nitrogen and oxygen atoms in total. The fourth-order valence-corrected chi connectivity index (χ4v) is 2.25. The van der Waals surface area contributed by atoms with Crippen molar-refractivity contribution in [2.75, 3.05) is 20.8 Å². The molecule has 0 atom stereocenters. The first-order valence-corrected chi connectivity index (χ1v) is 7.35. The van der Waals surface area contributed by atoms with E-state index in [0.29, 0.717) is 23.1 Å². The molecule has 0 radical (unpaired) electrons. The average molecular weight is 298 g/mol. The predicted octanol–water partition coefficient (Wildman–Crippen LogP) is 4.19. The van der Waals surface area contributed by atoms with Gasteiger partial charge < -0.3 is 14.8 Å². The van der Waals surface area contributed by atoms with Crippen molar-refractivity contribution in [1.29, 1.82) is 0 Å². The van der Waals surface area contributed by atoms with E-state index in [-0.39, 0.29) is 0 Å². The Morgan fingerprint density at radius 2 is 2.10 bits per heavy atom. The molecule has 112 valence electrons. The van der Waals surface area contributed by atoms with Crippen LogP contribution in [0.2, 0.25) is 5.02 Å². The van der Waals surface area contributed by atoms with Crippen LogP contribution in [0.1, 0.15) is 31.2 Å². The number of hydrogen-bond donors (Lipinski definition) is 1. The molecule has 0 saturated carbocycles. The Morgan fingerprint density at radius 3 is 2.75 bits per heavy atom. The predicted molar refractivity (Wildman–Crippen MR) is 84.9 cm³/mol. The van der Waals surface area contributed by atoms with Crippen LogP contribution in [-0.2, 0) is 6.54 Å². The van der Waals surface area contributed by atoms with Gasteiger partial charge in [-0.05, 0) is 50.4 Å². The number of benzene rings is 1. The minimum absolute atomic E-state index is 0.598. The molecule has 0 aromatic heterocycles. The van der Waals surface area contributed by atoms with Crippen molar-refractivity contribution in [3.05, 3.63) is 35.4 Å². The highest BCUT2D eigenvalue weighted by Gasteiger charge is 2.11. The van der Waals surface area contributed by atoms with Gasteiger partial charge in [-0.3, -0.25) is 0 Å². The summed E-state index contributed by atoms with van der Waals surface area (Å²) in [4.78, 5) is 0. The number of unbranched alkanes of at least 4 members (excludes halogenated alkanes) is 3. The van der Waals surface area contributed by atoms with E-state index in [2.05, 4.69) is 11.9 Å². The van der Waals surface area contributed by atoms with E-state index in [1.165, 1.54) is 0 Å². The third-order valence-corrected chi connectivity index (χ3v) is 3.25. The van der Waals surface area contributed by atoms with Crippen LogP contribution in [0.5, 0.6) is 11.5 Å². The number of hydrogen-bond acceptors (Lipinski definition) is 3. The largest absolute Gasteiger partial charge is 0.493 e. The second-order valence-electron chi connectivity index (χ2n) is 4.63.